The Hall–Kier alpha value is -1.88. The van der Waals surface area contributed by atoms with E-state index in [1.54, 1.807) is 7.05 Å². The Labute approximate surface area is 106 Å². The van der Waals surface area contributed by atoms with Crippen LogP contribution in [-0.2, 0) is 16.0 Å². The van der Waals surface area contributed by atoms with Crippen molar-refractivity contribution in [2.24, 2.45) is 5.73 Å². The summed E-state index contributed by atoms with van der Waals surface area (Å²) < 4.78 is 0. The summed E-state index contributed by atoms with van der Waals surface area (Å²) in [4.78, 5) is 25.4. The van der Waals surface area contributed by atoms with E-state index in [1.165, 1.54) is 4.90 Å². The predicted octanol–water partition coefficient (Wildman–Crippen LogP) is -0.487. The van der Waals surface area contributed by atoms with Crippen molar-refractivity contribution in [3.8, 4) is 0 Å². The number of likely N-dealkylation sites (N-methyl/N-ethyl adjacent to an activating group) is 1. The summed E-state index contributed by atoms with van der Waals surface area (Å²) in [6, 6.07) is 8.60. The zero-order valence-electron chi connectivity index (χ0n) is 10.3. The summed E-state index contributed by atoms with van der Waals surface area (Å²) in [7, 11) is 1.65. The highest BCUT2D eigenvalue weighted by atomic mass is 16.2. The molecule has 3 N–H and O–H groups in total. The molecule has 2 rings (SSSR count). The zero-order chi connectivity index (χ0) is 13.1. The first-order chi connectivity index (χ1) is 8.63. The van der Waals surface area contributed by atoms with E-state index in [2.05, 4.69) is 5.32 Å². The molecule has 0 saturated carbocycles. The molecule has 18 heavy (non-hydrogen) atoms. The molecule has 0 radical (unpaired) electrons. The third-order valence-corrected chi connectivity index (χ3v) is 3.24. The number of nitrogens with zero attached hydrogens (tertiary/aromatic N) is 1. The summed E-state index contributed by atoms with van der Waals surface area (Å²) in [6.45, 7) is 0.132. The minimum atomic E-state index is -0.588. The Kier molecular flexibility index (Phi) is 3.62. The van der Waals surface area contributed by atoms with Gasteiger partial charge in [0, 0.05) is 20.0 Å². The molecule has 2 atom stereocenters. The molecule has 1 aliphatic rings. The van der Waals surface area contributed by atoms with Crippen molar-refractivity contribution in [3.05, 3.63) is 35.9 Å². The van der Waals surface area contributed by atoms with E-state index in [4.69, 9.17) is 5.73 Å². The van der Waals surface area contributed by atoms with E-state index in [1.807, 2.05) is 30.3 Å². The number of rotatable bonds is 3. The van der Waals surface area contributed by atoms with Gasteiger partial charge in [0.15, 0.2) is 0 Å². The molecular weight excluding hydrogens is 230 g/mol. The number of piperazine rings is 1. The molecule has 1 saturated heterocycles. The van der Waals surface area contributed by atoms with Gasteiger partial charge in [0.1, 0.15) is 12.1 Å². The fourth-order valence-corrected chi connectivity index (χ4v) is 2.13. The van der Waals surface area contributed by atoms with E-state index < -0.39 is 12.1 Å². The molecule has 96 valence electrons. The lowest BCUT2D eigenvalue weighted by Crippen LogP contribution is -2.64. The van der Waals surface area contributed by atoms with E-state index in [0.29, 0.717) is 6.42 Å². The van der Waals surface area contributed by atoms with Gasteiger partial charge in [0.25, 0.3) is 0 Å². The molecule has 0 aliphatic carbocycles. The van der Waals surface area contributed by atoms with Crippen LogP contribution in [0.5, 0.6) is 0 Å². The third-order valence-electron chi connectivity index (χ3n) is 3.24. The second kappa shape index (κ2) is 5.18. The van der Waals surface area contributed by atoms with Crippen LogP contribution in [0, 0.1) is 0 Å². The fourth-order valence-electron chi connectivity index (χ4n) is 2.13. The van der Waals surface area contributed by atoms with Crippen LogP contribution in [0.1, 0.15) is 5.56 Å². The Bertz CT molecular complexity index is 447. The fraction of sp³-hybridized carbons (Fsp3) is 0.385. The van der Waals surface area contributed by atoms with E-state index in [-0.39, 0.29) is 18.4 Å². The molecular formula is C13H17N3O2. The normalized spacial score (nSPS) is 24.0. The highest BCUT2D eigenvalue weighted by Crippen LogP contribution is 2.13. The number of hydrogen-bond acceptors (Lipinski definition) is 3. The number of carbonyl (C=O) groups excluding carboxylic acids is 2. The number of hydrogen-bond donors (Lipinski definition) is 2. The average Bonchev–Trinajstić information content (AvgIpc) is 2.40. The van der Waals surface area contributed by atoms with Gasteiger partial charge in [-0.1, -0.05) is 30.3 Å². The van der Waals surface area contributed by atoms with Crippen molar-refractivity contribution in [2.75, 3.05) is 13.6 Å². The third kappa shape index (κ3) is 2.36. The maximum Gasteiger partial charge on any atom is 0.246 e. The summed E-state index contributed by atoms with van der Waals surface area (Å²) in [5.41, 5.74) is 6.48. The van der Waals surface area contributed by atoms with Crippen LogP contribution >= 0.6 is 0 Å². The number of nitrogens with two attached hydrogens (primary N) is 1. The van der Waals surface area contributed by atoms with Crippen molar-refractivity contribution >= 4 is 11.8 Å². The SMILES string of the molecule is CN1C(=O)[C@H](CN)NC(=O)[C@@H]1Cc1ccccc1. The van der Waals surface area contributed by atoms with Crippen LogP contribution in [0.4, 0.5) is 0 Å². The molecule has 0 bridgehead atoms. The summed E-state index contributed by atoms with van der Waals surface area (Å²) in [6.07, 6.45) is 0.520. The Morgan fingerprint density at radius 3 is 2.56 bits per heavy atom. The van der Waals surface area contributed by atoms with Gasteiger partial charge in [-0.05, 0) is 5.56 Å². The quantitative estimate of drug-likeness (QED) is 0.757. The van der Waals surface area contributed by atoms with Crippen LogP contribution in [0.15, 0.2) is 30.3 Å². The summed E-state index contributed by atoms with van der Waals surface area (Å²) in [5.74, 6) is -0.269. The standard InChI is InChI=1S/C13H17N3O2/c1-16-11(7-9-5-3-2-4-6-9)12(17)15-10(8-14)13(16)18/h2-6,10-11H,7-8,14H2,1H3,(H,15,17)/t10-,11-/m0/s1. The van der Waals surface area contributed by atoms with Crippen LogP contribution < -0.4 is 11.1 Å². The van der Waals surface area contributed by atoms with Gasteiger partial charge in [0.2, 0.25) is 11.8 Å². The van der Waals surface area contributed by atoms with E-state index in [0.717, 1.165) is 5.56 Å². The Morgan fingerprint density at radius 1 is 1.28 bits per heavy atom. The molecule has 0 spiro atoms. The maximum absolute atomic E-state index is 12.0. The highest BCUT2D eigenvalue weighted by Gasteiger charge is 2.37. The highest BCUT2D eigenvalue weighted by molar-refractivity contribution is 5.97. The van der Waals surface area contributed by atoms with Gasteiger partial charge >= 0.3 is 0 Å². The lowest BCUT2D eigenvalue weighted by molar-refractivity contribution is -0.147. The van der Waals surface area contributed by atoms with E-state index >= 15 is 0 Å². The Balaban J connectivity index is 2.13. The van der Waals surface area contributed by atoms with Gasteiger partial charge in [0.05, 0.1) is 0 Å². The number of nitrogens with one attached hydrogen (secondary N) is 1. The first kappa shape index (κ1) is 12.6. The topological polar surface area (TPSA) is 75.4 Å². The molecule has 1 fully saturated rings. The molecule has 5 nitrogen and oxygen atoms in total. The second-order valence-corrected chi connectivity index (χ2v) is 4.45. The smallest absolute Gasteiger partial charge is 0.246 e. The minimum Gasteiger partial charge on any atom is -0.341 e. The second-order valence-electron chi connectivity index (χ2n) is 4.45. The van der Waals surface area contributed by atoms with Gasteiger partial charge in [-0.2, -0.15) is 0 Å². The summed E-state index contributed by atoms with van der Waals surface area (Å²) in [5, 5.41) is 2.66. The molecule has 1 heterocycles. The molecule has 1 aromatic carbocycles. The lowest BCUT2D eigenvalue weighted by atomic mass is 10.0. The van der Waals surface area contributed by atoms with Crippen molar-refractivity contribution in [1.29, 1.82) is 0 Å². The summed E-state index contributed by atoms with van der Waals surface area (Å²) >= 11 is 0. The minimum absolute atomic E-state index is 0.127. The molecule has 1 aromatic rings. The first-order valence-corrected chi connectivity index (χ1v) is 5.94. The molecule has 2 amide bonds. The molecule has 0 aromatic heterocycles. The molecule has 0 unspecified atom stereocenters. The first-order valence-electron chi connectivity index (χ1n) is 5.94. The van der Waals surface area contributed by atoms with Crippen LogP contribution in [0.3, 0.4) is 0 Å². The molecule has 1 aliphatic heterocycles. The predicted molar refractivity (Wildman–Crippen MR) is 67.7 cm³/mol. The largest absolute Gasteiger partial charge is 0.341 e. The lowest BCUT2D eigenvalue weighted by Gasteiger charge is -2.36. The van der Waals surface area contributed by atoms with Gasteiger partial charge in [-0.25, -0.2) is 0 Å². The van der Waals surface area contributed by atoms with E-state index in [9.17, 15) is 9.59 Å². The van der Waals surface area contributed by atoms with Crippen molar-refractivity contribution in [1.82, 2.24) is 10.2 Å². The van der Waals surface area contributed by atoms with Crippen molar-refractivity contribution < 1.29 is 9.59 Å². The van der Waals surface area contributed by atoms with Gasteiger partial charge in [-0.3, -0.25) is 9.59 Å². The molecule has 5 heteroatoms. The number of benzene rings is 1. The Morgan fingerprint density at radius 2 is 1.94 bits per heavy atom. The maximum atomic E-state index is 12.0. The van der Waals surface area contributed by atoms with Gasteiger partial charge in [-0.15, -0.1) is 0 Å². The van der Waals surface area contributed by atoms with Crippen molar-refractivity contribution in [3.63, 3.8) is 0 Å². The number of carbonyl (C=O) groups is 2. The number of amides is 2. The van der Waals surface area contributed by atoms with Gasteiger partial charge < -0.3 is 16.0 Å². The van der Waals surface area contributed by atoms with Crippen molar-refractivity contribution in [2.45, 2.75) is 18.5 Å². The van der Waals surface area contributed by atoms with Crippen LogP contribution in [-0.4, -0.2) is 42.4 Å². The monoisotopic (exact) mass is 247 g/mol. The average molecular weight is 247 g/mol. The van der Waals surface area contributed by atoms with Crippen LogP contribution in [0.2, 0.25) is 0 Å². The zero-order valence-corrected chi connectivity index (χ0v) is 10.3. The van der Waals surface area contributed by atoms with Crippen LogP contribution in [0.25, 0.3) is 0 Å².